The second-order valence-corrected chi connectivity index (χ2v) is 4.91. The molecule has 16 heavy (non-hydrogen) atoms. The van der Waals surface area contributed by atoms with Crippen molar-refractivity contribution in [1.29, 1.82) is 0 Å². The number of nitrogens with one attached hydrogen (secondary N) is 1. The Morgan fingerprint density at radius 3 is 3.19 bits per heavy atom. The minimum atomic E-state index is -0.132. The minimum Gasteiger partial charge on any atom is -0.370 e. The van der Waals surface area contributed by atoms with E-state index in [1.165, 1.54) is 12.0 Å². The maximum absolute atomic E-state index is 13.2. The highest BCUT2D eigenvalue weighted by Gasteiger charge is 2.33. The van der Waals surface area contributed by atoms with Crippen molar-refractivity contribution in [2.75, 3.05) is 25.0 Å². The molecule has 2 nitrogen and oxygen atoms in total. The molecule has 2 unspecified atom stereocenters. The van der Waals surface area contributed by atoms with Crippen molar-refractivity contribution in [1.82, 2.24) is 5.32 Å². The van der Waals surface area contributed by atoms with Gasteiger partial charge in [-0.25, -0.2) is 4.39 Å². The van der Waals surface area contributed by atoms with Crippen LogP contribution in [-0.4, -0.2) is 26.2 Å². The van der Waals surface area contributed by atoms with Crippen LogP contribution in [0.4, 0.5) is 10.1 Å². The van der Waals surface area contributed by atoms with E-state index >= 15 is 0 Å². The van der Waals surface area contributed by atoms with Gasteiger partial charge in [-0.05, 0) is 43.0 Å². The van der Waals surface area contributed by atoms with Gasteiger partial charge < -0.3 is 10.2 Å². The van der Waals surface area contributed by atoms with Crippen molar-refractivity contribution in [2.45, 2.75) is 18.9 Å². The fourth-order valence-corrected chi connectivity index (χ4v) is 3.09. The number of piperidine rings is 1. The van der Waals surface area contributed by atoms with Crippen LogP contribution in [0.15, 0.2) is 18.2 Å². The number of nitrogens with zero attached hydrogens (tertiary/aromatic N) is 1. The largest absolute Gasteiger partial charge is 0.370 e. The Morgan fingerprint density at radius 1 is 1.44 bits per heavy atom. The van der Waals surface area contributed by atoms with Gasteiger partial charge in [0.2, 0.25) is 0 Å². The van der Waals surface area contributed by atoms with Crippen LogP contribution < -0.4 is 10.2 Å². The normalized spacial score (nSPS) is 28.5. The number of fused-ring (bicyclic) bond motifs is 2. The molecule has 3 rings (SSSR count). The summed E-state index contributed by atoms with van der Waals surface area (Å²) in [4.78, 5) is 2.25. The molecule has 0 bridgehead atoms. The molecule has 2 aliphatic rings. The van der Waals surface area contributed by atoms with Crippen molar-refractivity contribution in [3.8, 4) is 0 Å². The van der Waals surface area contributed by atoms with E-state index in [1.54, 1.807) is 12.1 Å². The summed E-state index contributed by atoms with van der Waals surface area (Å²) in [7, 11) is 2.09. The zero-order valence-electron chi connectivity index (χ0n) is 9.54. The summed E-state index contributed by atoms with van der Waals surface area (Å²) in [5.41, 5.74) is 2.37. The first-order chi connectivity index (χ1) is 7.75. The van der Waals surface area contributed by atoms with Crippen molar-refractivity contribution < 1.29 is 4.39 Å². The standard InChI is InChI=1S/C13H17FN2/c1-16-12-7-11(14)3-2-9(12)6-10-4-5-15-8-13(10)16/h2-3,7,10,13,15H,4-6,8H2,1H3. The third-order valence-corrected chi connectivity index (χ3v) is 4.00. The lowest BCUT2D eigenvalue weighted by Crippen LogP contribution is -2.53. The van der Waals surface area contributed by atoms with E-state index in [-0.39, 0.29) is 5.82 Å². The van der Waals surface area contributed by atoms with Crippen molar-refractivity contribution in [3.05, 3.63) is 29.6 Å². The van der Waals surface area contributed by atoms with Crippen LogP contribution in [0, 0.1) is 11.7 Å². The van der Waals surface area contributed by atoms with Gasteiger partial charge in [-0.15, -0.1) is 0 Å². The monoisotopic (exact) mass is 220 g/mol. The van der Waals surface area contributed by atoms with Gasteiger partial charge in [0.25, 0.3) is 0 Å². The molecule has 2 aliphatic heterocycles. The summed E-state index contributed by atoms with van der Waals surface area (Å²) >= 11 is 0. The third kappa shape index (κ3) is 1.50. The van der Waals surface area contributed by atoms with E-state index in [2.05, 4.69) is 17.3 Å². The molecule has 1 aromatic carbocycles. The van der Waals surface area contributed by atoms with Crippen molar-refractivity contribution >= 4 is 5.69 Å². The van der Waals surface area contributed by atoms with Gasteiger partial charge >= 0.3 is 0 Å². The van der Waals surface area contributed by atoms with Gasteiger partial charge in [-0.1, -0.05) is 6.07 Å². The fourth-order valence-electron chi connectivity index (χ4n) is 3.09. The highest BCUT2D eigenvalue weighted by atomic mass is 19.1. The zero-order valence-corrected chi connectivity index (χ0v) is 9.54. The quantitative estimate of drug-likeness (QED) is 0.717. The summed E-state index contributed by atoms with van der Waals surface area (Å²) in [6, 6.07) is 5.72. The number of halogens is 1. The second-order valence-electron chi connectivity index (χ2n) is 4.91. The van der Waals surface area contributed by atoms with Crippen LogP contribution in [0.1, 0.15) is 12.0 Å². The first kappa shape index (κ1) is 10.1. The van der Waals surface area contributed by atoms with Gasteiger partial charge in [0.05, 0.1) is 0 Å². The topological polar surface area (TPSA) is 15.3 Å². The summed E-state index contributed by atoms with van der Waals surface area (Å²) in [6.07, 6.45) is 2.33. The van der Waals surface area contributed by atoms with E-state index < -0.39 is 0 Å². The molecule has 86 valence electrons. The van der Waals surface area contributed by atoms with E-state index in [0.717, 1.165) is 31.1 Å². The lowest BCUT2D eigenvalue weighted by molar-refractivity contribution is 0.302. The molecule has 0 saturated carbocycles. The number of hydrogen-bond donors (Lipinski definition) is 1. The van der Waals surface area contributed by atoms with E-state index in [9.17, 15) is 4.39 Å². The Balaban J connectivity index is 2.00. The van der Waals surface area contributed by atoms with Gasteiger partial charge in [0, 0.05) is 25.3 Å². The second kappa shape index (κ2) is 3.74. The van der Waals surface area contributed by atoms with Crippen LogP contribution in [0.5, 0.6) is 0 Å². The lowest BCUT2D eigenvalue weighted by atomic mass is 9.82. The van der Waals surface area contributed by atoms with E-state index in [4.69, 9.17) is 0 Å². The smallest absolute Gasteiger partial charge is 0.125 e. The average Bonchev–Trinajstić information content (AvgIpc) is 2.31. The van der Waals surface area contributed by atoms with Crippen LogP contribution in [0.2, 0.25) is 0 Å². The highest BCUT2D eigenvalue weighted by molar-refractivity contribution is 5.56. The summed E-state index contributed by atoms with van der Waals surface area (Å²) in [6.45, 7) is 2.14. The zero-order chi connectivity index (χ0) is 11.1. The molecule has 1 fully saturated rings. The van der Waals surface area contributed by atoms with Gasteiger partial charge in [-0.2, -0.15) is 0 Å². The van der Waals surface area contributed by atoms with E-state index in [0.29, 0.717) is 6.04 Å². The molecular formula is C13H17FN2. The number of hydrogen-bond acceptors (Lipinski definition) is 2. The van der Waals surface area contributed by atoms with Crippen LogP contribution in [-0.2, 0) is 6.42 Å². The van der Waals surface area contributed by atoms with Crippen LogP contribution >= 0.6 is 0 Å². The molecule has 1 saturated heterocycles. The minimum absolute atomic E-state index is 0.132. The molecule has 0 aromatic heterocycles. The Labute approximate surface area is 95.4 Å². The first-order valence-corrected chi connectivity index (χ1v) is 5.97. The highest BCUT2D eigenvalue weighted by Crippen LogP contribution is 2.35. The molecular weight excluding hydrogens is 203 g/mol. The predicted molar refractivity (Wildman–Crippen MR) is 63.3 cm³/mol. The number of rotatable bonds is 0. The molecule has 0 spiro atoms. The molecule has 1 N–H and O–H groups in total. The summed E-state index contributed by atoms with van der Waals surface area (Å²) < 4.78 is 13.2. The van der Waals surface area contributed by atoms with Gasteiger partial charge in [-0.3, -0.25) is 0 Å². The first-order valence-electron chi connectivity index (χ1n) is 5.97. The summed E-state index contributed by atoms with van der Waals surface area (Å²) in [5.74, 6) is 0.594. The maximum atomic E-state index is 13.2. The molecule has 1 aromatic rings. The van der Waals surface area contributed by atoms with Crippen molar-refractivity contribution in [2.24, 2.45) is 5.92 Å². The third-order valence-electron chi connectivity index (χ3n) is 4.00. The van der Waals surface area contributed by atoms with Crippen LogP contribution in [0.25, 0.3) is 0 Å². The Kier molecular flexibility index (Phi) is 2.36. The SMILES string of the molecule is CN1c2cc(F)ccc2CC2CCNCC21. The maximum Gasteiger partial charge on any atom is 0.125 e. The summed E-state index contributed by atoms with van der Waals surface area (Å²) in [5, 5.41) is 3.42. The number of anilines is 1. The molecule has 0 aliphatic carbocycles. The van der Waals surface area contributed by atoms with E-state index in [1.807, 2.05) is 6.07 Å². The molecule has 3 heteroatoms. The lowest BCUT2D eigenvalue weighted by Gasteiger charge is -2.44. The van der Waals surface area contributed by atoms with Crippen LogP contribution in [0.3, 0.4) is 0 Å². The molecule has 0 radical (unpaired) electrons. The molecule has 0 amide bonds. The average molecular weight is 220 g/mol. The Bertz CT molecular complexity index is 405. The van der Waals surface area contributed by atoms with Gasteiger partial charge in [0.15, 0.2) is 0 Å². The predicted octanol–water partition coefficient (Wildman–Crippen LogP) is 1.80. The number of likely N-dealkylation sites (N-methyl/N-ethyl adjacent to an activating group) is 1. The molecule has 2 atom stereocenters. The fraction of sp³-hybridized carbons (Fsp3) is 0.538. The van der Waals surface area contributed by atoms with Gasteiger partial charge in [0.1, 0.15) is 5.82 Å². The van der Waals surface area contributed by atoms with Crippen molar-refractivity contribution in [3.63, 3.8) is 0 Å². The Hall–Kier alpha value is -1.09. The molecule has 2 heterocycles. The number of benzene rings is 1. The Morgan fingerprint density at radius 2 is 2.31 bits per heavy atom.